The molecule has 2 aliphatic rings. The molecule has 3 amide bonds. The molecule has 0 saturated carbocycles. The van der Waals surface area contributed by atoms with Gasteiger partial charge in [-0.05, 0) is 36.4 Å². The Morgan fingerprint density at radius 1 is 0.931 bits per heavy atom. The first-order chi connectivity index (χ1) is 13.9. The zero-order chi connectivity index (χ0) is 20.5. The number of rotatable bonds is 4. The largest absolute Gasteiger partial charge is 0.426 e. The summed E-state index contributed by atoms with van der Waals surface area (Å²) in [7, 11) is 0. The van der Waals surface area contributed by atoms with E-state index in [9.17, 15) is 19.2 Å². The van der Waals surface area contributed by atoms with Crippen LogP contribution in [0.25, 0.3) is 0 Å². The van der Waals surface area contributed by atoms with Crippen molar-refractivity contribution in [1.82, 2.24) is 0 Å². The fourth-order valence-corrected chi connectivity index (χ4v) is 3.75. The average Bonchev–Trinajstić information content (AvgIpc) is 3.25. The molecule has 2 aromatic rings. The van der Waals surface area contributed by atoms with E-state index in [4.69, 9.17) is 4.74 Å². The van der Waals surface area contributed by atoms with Gasteiger partial charge in [0, 0.05) is 42.0 Å². The minimum Gasteiger partial charge on any atom is -0.426 e. The summed E-state index contributed by atoms with van der Waals surface area (Å²) in [5, 5.41) is 0. The maximum Gasteiger partial charge on any atom is 0.316 e. The standard InChI is InChI=1S/C21H17BrN2O5/c22-14-4-6-15(7-5-14)23-12-13(10-20(23)27)21(28)29-17-3-1-2-16(11-17)24-18(25)8-9-19(24)26/h1-7,11,13H,8-10,12H2/t13-/m1/s1. The van der Waals surface area contributed by atoms with Crippen LogP contribution in [0.15, 0.2) is 53.0 Å². The van der Waals surface area contributed by atoms with Crippen molar-refractivity contribution in [2.75, 3.05) is 16.3 Å². The summed E-state index contributed by atoms with van der Waals surface area (Å²) in [4.78, 5) is 51.4. The van der Waals surface area contributed by atoms with Crippen molar-refractivity contribution in [3.63, 3.8) is 0 Å². The Hall–Kier alpha value is -3.00. The highest BCUT2D eigenvalue weighted by atomic mass is 79.9. The minimum atomic E-state index is -0.593. The van der Waals surface area contributed by atoms with Crippen LogP contribution in [0.3, 0.4) is 0 Å². The van der Waals surface area contributed by atoms with E-state index in [1.807, 2.05) is 24.3 Å². The van der Waals surface area contributed by atoms with Crippen molar-refractivity contribution in [3.05, 3.63) is 53.0 Å². The van der Waals surface area contributed by atoms with Crippen LogP contribution in [0.4, 0.5) is 11.4 Å². The number of carbonyl (C=O) groups excluding carboxylic acids is 4. The van der Waals surface area contributed by atoms with E-state index in [1.54, 1.807) is 23.1 Å². The van der Waals surface area contributed by atoms with E-state index in [2.05, 4.69) is 15.9 Å². The molecule has 4 rings (SSSR count). The fourth-order valence-electron chi connectivity index (χ4n) is 3.49. The summed E-state index contributed by atoms with van der Waals surface area (Å²) >= 11 is 3.36. The third-order valence-electron chi connectivity index (χ3n) is 4.94. The zero-order valence-corrected chi connectivity index (χ0v) is 16.9. The summed E-state index contributed by atoms with van der Waals surface area (Å²) in [6, 6.07) is 13.6. The number of esters is 1. The van der Waals surface area contributed by atoms with E-state index in [0.717, 1.165) is 15.1 Å². The minimum absolute atomic E-state index is 0.0671. The van der Waals surface area contributed by atoms with Gasteiger partial charge in [0.25, 0.3) is 0 Å². The summed E-state index contributed by atoms with van der Waals surface area (Å²) < 4.78 is 6.35. The molecule has 0 aromatic heterocycles. The van der Waals surface area contributed by atoms with E-state index in [-0.39, 0.29) is 49.3 Å². The molecule has 0 radical (unpaired) electrons. The van der Waals surface area contributed by atoms with Gasteiger partial charge in [0.2, 0.25) is 17.7 Å². The second-order valence-electron chi connectivity index (χ2n) is 6.92. The maximum atomic E-state index is 12.6. The summed E-state index contributed by atoms with van der Waals surface area (Å²) in [6.07, 6.45) is 0.426. The highest BCUT2D eigenvalue weighted by Crippen LogP contribution is 2.29. The van der Waals surface area contributed by atoms with Crippen LogP contribution in [0.1, 0.15) is 19.3 Å². The van der Waals surface area contributed by atoms with Crippen LogP contribution < -0.4 is 14.5 Å². The first kappa shape index (κ1) is 19.3. The van der Waals surface area contributed by atoms with Crippen LogP contribution in [0.5, 0.6) is 5.75 Å². The molecule has 29 heavy (non-hydrogen) atoms. The lowest BCUT2D eigenvalue weighted by molar-refractivity contribution is -0.139. The maximum absolute atomic E-state index is 12.6. The quantitative estimate of drug-likeness (QED) is 0.401. The lowest BCUT2D eigenvalue weighted by atomic mass is 10.1. The van der Waals surface area contributed by atoms with Crippen molar-refractivity contribution in [3.8, 4) is 5.75 Å². The topological polar surface area (TPSA) is 84.0 Å². The molecule has 0 aliphatic carbocycles. The average molecular weight is 457 g/mol. The second kappa shape index (κ2) is 7.79. The highest BCUT2D eigenvalue weighted by molar-refractivity contribution is 9.10. The van der Waals surface area contributed by atoms with E-state index in [1.165, 1.54) is 6.07 Å². The lowest BCUT2D eigenvalue weighted by Gasteiger charge is -2.17. The van der Waals surface area contributed by atoms with Crippen molar-refractivity contribution < 1.29 is 23.9 Å². The Morgan fingerprint density at radius 3 is 2.31 bits per heavy atom. The number of hydrogen-bond acceptors (Lipinski definition) is 5. The summed E-state index contributed by atoms with van der Waals surface area (Å²) in [6.45, 7) is 0.238. The number of anilines is 2. The molecule has 0 spiro atoms. The molecule has 0 N–H and O–H groups in total. The molecule has 2 fully saturated rings. The Morgan fingerprint density at radius 2 is 1.62 bits per heavy atom. The predicted octanol–water partition coefficient (Wildman–Crippen LogP) is 3.06. The molecular formula is C21H17BrN2O5. The van der Waals surface area contributed by atoms with Gasteiger partial charge in [-0.25, -0.2) is 0 Å². The summed E-state index contributed by atoms with van der Waals surface area (Å²) in [5.41, 5.74) is 1.10. The van der Waals surface area contributed by atoms with Crippen LogP contribution in [-0.2, 0) is 19.2 Å². The second-order valence-corrected chi connectivity index (χ2v) is 7.84. The Labute approximate surface area is 175 Å². The molecule has 2 aliphatic heterocycles. The molecule has 148 valence electrons. The molecule has 2 heterocycles. The smallest absolute Gasteiger partial charge is 0.316 e. The normalized spacial score (nSPS) is 19.2. The fraction of sp³-hybridized carbons (Fsp3) is 0.238. The number of hydrogen-bond donors (Lipinski definition) is 0. The van der Waals surface area contributed by atoms with Crippen LogP contribution >= 0.6 is 15.9 Å². The highest BCUT2D eigenvalue weighted by Gasteiger charge is 2.36. The molecule has 2 saturated heterocycles. The van der Waals surface area contributed by atoms with Crippen molar-refractivity contribution >= 4 is 51.0 Å². The number of ether oxygens (including phenoxy) is 1. The van der Waals surface area contributed by atoms with E-state index >= 15 is 0 Å². The predicted molar refractivity (Wildman–Crippen MR) is 108 cm³/mol. The van der Waals surface area contributed by atoms with Crippen LogP contribution in [-0.4, -0.2) is 30.2 Å². The number of amides is 3. The molecular weight excluding hydrogens is 440 g/mol. The van der Waals surface area contributed by atoms with Gasteiger partial charge in [-0.3, -0.25) is 24.1 Å². The monoisotopic (exact) mass is 456 g/mol. The molecule has 2 aromatic carbocycles. The van der Waals surface area contributed by atoms with Crippen LogP contribution in [0, 0.1) is 5.92 Å². The van der Waals surface area contributed by atoms with Crippen molar-refractivity contribution in [2.24, 2.45) is 5.92 Å². The molecule has 8 heteroatoms. The molecule has 0 unspecified atom stereocenters. The lowest BCUT2D eigenvalue weighted by Crippen LogP contribution is -2.29. The van der Waals surface area contributed by atoms with Crippen molar-refractivity contribution in [1.29, 1.82) is 0 Å². The zero-order valence-electron chi connectivity index (χ0n) is 15.3. The van der Waals surface area contributed by atoms with Gasteiger partial charge in [-0.2, -0.15) is 0 Å². The number of imide groups is 1. The number of nitrogens with zero attached hydrogens (tertiary/aromatic N) is 2. The van der Waals surface area contributed by atoms with E-state index in [0.29, 0.717) is 5.69 Å². The Bertz CT molecular complexity index is 988. The molecule has 7 nitrogen and oxygen atoms in total. The molecule has 0 bridgehead atoms. The van der Waals surface area contributed by atoms with Gasteiger partial charge in [-0.1, -0.05) is 22.0 Å². The number of carbonyl (C=O) groups is 4. The number of halogens is 1. The Balaban J connectivity index is 1.45. The third-order valence-corrected chi connectivity index (χ3v) is 5.47. The first-order valence-corrected chi connectivity index (χ1v) is 9.95. The van der Waals surface area contributed by atoms with Gasteiger partial charge in [0.15, 0.2) is 0 Å². The Kier molecular flexibility index (Phi) is 5.19. The number of benzene rings is 2. The first-order valence-electron chi connectivity index (χ1n) is 9.16. The van der Waals surface area contributed by atoms with Gasteiger partial charge < -0.3 is 9.64 Å². The third kappa shape index (κ3) is 3.93. The van der Waals surface area contributed by atoms with Gasteiger partial charge in [-0.15, -0.1) is 0 Å². The summed E-state index contributed by atoms with van der Waals surface area (Å²) in [5.74, 6) is -1.57. The van der Waals surface area contributed by atoms with Crippen molar-refractivity contribution in [2.45, 2.75) is 19.3 Å². The van der Waals surface area contributed by atoms with Gasteiger partial charge >= 0.3 is 5.97 Å². The van der Waals surface area contributed by atoms with Crippen LogP contribution in [0.2, 0.25) is 0 Å². The van der Waals surface area contributed by atoms with E-state index < -0.39 is 11.9 Å². The SMILES string of the molecule is O=C(Oc1cccc(N2C(=O)CCC2=O)c1)[C@@H]1CC(=O)N(c2ccc(Br)cc2)C1. The van der Waals surface area contributed by atoms with Gasteiger partial charge in [0.1, 0.15) is 5.75 Å². The van der Waals surface area contributed by atoms with Gasteiger partial charge in [0.05, 0.1) is 11.6 Å². The molecule has 1 atom stereocenters.